The number of nitrogens with one attached hydrogen (secondary N) is 1. The first-order valence-corrected chi connectivity index (χ1v) is 7.79. The van der Waals surface area contributed by atoms with Crippen molar-refractivity contribution in [3.8, 4) is 5.75 Å². The monoisotopic (exact) mass is 357 g/mol. The van der Waals surface area contributed by atoms with Gasteiger partial charge in [0.1, 0.15) is 0 Å². The van der Waals surface area contributed by atoms with E-state index in [0.29, 0.717) is 38.7 Å². The molecule has 0 aromatic heterocycles. The van der Waals surface area contributed by atoms with Crippen LogP contribution in [0.1, 0.15) is 12.5 Å². The molecule has 0 spiro atoms. The molecule has 0 saturated carbocycles. The van der Waals surface area contributed by atoms with Gasteiger partial charge in [-0.2, -0.15) is 0 Å². The van der Waals surface area contributed by atoms with Gasteiger partial charge in [-0.3, -0.25) is 4.79 Å². The van der Waals surface area contributed by atoms with Gasteiger partial charge in [-0.1, -0.05) is 46.9 Å². The van der Waals surface area contributed by atoms with Gasteiger partial charge in [0.15, 0.2) is 5.75 Å². The van der Waals surface area contributed by atoms with Gasteiger partial charge in [0.2, 0.25) is 5.91 Å². The Morgan fingerprint density at radius 1 is 1.14 bits per heavy atom. The standard InChI is InChI=1S/C16H14Cl3NO2/c1-2-22-16-12(18)4-3-5-14(16)20-15(21)8-10-6-7-11(17)9-13(10)19/h3-7,9H,2,8H2,1H3,(H,20,21). The number of hydrogen-bond donors (Lipinski definition) is 1. The number of ether oxygens (including phenoxy) is 1. The predicted molar refractivity (Wildman–Crippen MR) is 91.4 cm³/mol. The van der Waals surface area contributed by atoms with Crippen molar-refractivity contribution in [1.29, 1.82) is 0 Å². The second-order valence-corrected chi connectivity index (χ2v) is 5.76. The van der Waals surface area contributed by atoms with Crippen LogP contribution in [-0.2, 0) is 11.2 Å². The number of anilines is 1. The zero-order chi connectivity index (χ0) is 16.1. The summed E-state index contributed by atoms with van der Waals surface area (Å²) < 4.78 is 5.47. The second-order valence-electron chi connectivity index (χ2n) is 4.51. The molecular weight excluding hydrogens is 345 g/mol. The molecule has 0 bridgehead atoms. The van der Waals surface area contributed by atoms with Crippen LogP contribution in [-0.4, -0.2) is 12.5 Å². The topological polar surface area (TPSA) is 38.3 Å². The van der Waals surface area contributed by atoms with E-state index in [-0.39, 0.29) is 12.3 Å². The molecule has 0 aliphatic heterocycles. The summed E-state index contributed by atoms with van der Waals surface area (Å²) >= 11 is 18.0. The first-order valence-electron chi connectivity index (χ1n) is 6.66. The van der Waals surface area contributed by atoms with E-state index in [4.69, 9.17) is 39.5 Å². The minimum Gasteiger partial charge on any atom is -0.490 e. The van der Waals surface area contributed by atoms with Gasteiger partial charge < -0.3 is 10.1 Å². The highest BCUT2D eigenvalue weighted by atomic mass is 35.5. The van der Waals surface area contributed by atoms with Crippen molar-refractivity contribution < 1.29 is 9.53 Å². The van der Waals surface area contributed by atoms with Crippen LogP contribution in [0.15, 0.2) is 36.4 Å². The van der Waals surface area contributed by atoms with Crippen molar-refractivity contribution in [2.24, 2.45) is 0 Å². The van der Waals surface area contributed by atoms with Gasteiger partial charge in [0.05, 0.1) is 23.7 Å². The van der Waals surface area contributed by atoms with Crippen molar-refractivity contribution in [2.75, 3.05) is 11.9 Å². The molecule has 1 amide bonds. The highest BCUT2D eigenvalue weighted by Crippen LogP contribution is 2.33. The largest absolute Gasteiger partial charge is 0.490 e. The van der Waals surface area contributed by atoms with Crippen LogP contribution in [0.5, 0.6) is 5.75 Å². The maximum Gasteiger partial charge on any atom is 0.228 e. The number of carbonyl (C=O) groups is 1. The molecule has 0 aliphatic carbocycles. The van der Waals surface area contributed by atoms with E-state index in [2.05, 4.69) is 5.32 Å². The molecule has 0 unspecified atom stereocenters. The van der Waals surface area contributed by atoms with Crippen LogP contribution in [0.3, 0.4) is 0 Å². The maximum atomic E-state index is 12.2. The Bertz CT molecular complexity index is 689. The summed E-state index contributed by atoms with van der Waals surface area (Å²) in [6, 6.07) is 10.2. The van der Waals surface area contributed by atoms with E-state index in [1.807, 2.05) is 6.92 Å². The summed E-state index contributed by atoms with van der Waals surface area (Å²) in [6.07, 6.45) is 0.133. The fourth-order valence-corrected chi connectivity index (χ4v) is 2.64. The third-order valence-electron chi connectivity index (χ3n) is 2.90. The lowest BCUT2D eigenvalue weighted by Gasteiger charge is -2.13. The SMILES string of the molecule is CCOc1c(Cl)cccc1NC(=O)Cc1ccc(Cl)cc1Cl. The van der Waals surface area contributed by atoms with Crippen LogP contribution in [0.4, 0.5) is 5.69 Å². The third-order valence-corrected chi connectivity index (χ3v) is 3.78. The molecule has 3 nitrogen and oxygen atoms in total. The average Bonchev–Trinajstić information content (AvgIpc) is 2.46. The summed E-state index contributed by atoms with van der Waals surface area (Å²) in [6.45, 7) is 2.30. The second kappa shape index (κ2) is 7.73. The van der Waals surface area contributed by atoms with E-state index in [0.717, 1.165) is 0 Å². The molecule has 0 heterocycles. The molecular formula is C16H14Cl3NO2. The van der Waals surface area contributed by atoms with E-state index < -0.39 is 0 Å². The molecule has 2 aromatic rings. The Kier molecular flexibility index (Phi) is 5.95. The Balaban J connectivity index is 2.14. The van der Waals surface area contributed by atoms with Gasteiger partial charge in [0, 0.05) is 10.0 Å². The van der Waals surface area contributed by atoms with Crippen molar-refractivity contribution in [2.45, 2.75) is 13.3 Å². The minimum absolute atomic E-state index is 0.133. The van der Waals surface area contributed by atoms with E-state index in [9.17, 15) is 4.79 Å². The van der Waals surface area contributed by atoms with Gasteiger partial charge in [-0.25, -0.2) is 0 Å². The lowest BCUT2D eigenvalue weighted by atomic mass is 10.1. The lowest BCUT2D eigenvalue weighted by molar-refractivity contribution is -0.115. The molecule has 1 N–H and O–H groups in total. The summed E-state index contributed by atoms with van der Waals surface area (Å²) in [5.41, 5.74) is 1.23. The number of hydrogen-bond acceptors (Lipinski definition) is 2. The zero-order valence-electron chi connectivity index (χ0n) is 11.8. The molecule has 0 atom stereocenters. The highest BCUT2D eigenvalue weighted by molar-refractivity contribution is 6.35. The van der Waals surface area contributed by atoms with Gasteiger partial charge >= 0.3 is 0 Å². The highest BCUT2D eigenvalue weighted by Gasteiger charge is 2.13. The number of carbonyl (C=O) groups excluding carboxylic acids is 1. The van der Waals surface area contributed by atoms with Gasteiger partial charge in [-0.05, 0) is 36.8 Å². The Hall–Kier alpha value is -1.42. The van der Waals surface area contributed by atoms with E-state index >= 15 is 0 Å². The summed E-state index contributed by atoms with van der Waals surface area (Å²) in [5.74, 6) is 0.245. The fourth-order valence-electron chi connectivity index (χ4n) is 1.93. The number of benzene rings is 2. The quantitative estimate of drug-likeness (QED) is 0.795. The molecule has 0 radical (unpaired) electrons. The Morgan fingerprint density at radius 2 is 1.91 bits per heavy atom. The normalized spacial score (nSPS) is 10.4. The number of halogens is 3. The molecule has 0 fully saturated rings. The zero-order valence-corrected chi connectivity index (χ0v) is 14.1. The van der Waals surface area contributed by atoms with Crippen LogP contribution in [0.25, 0.3) is 0 Å². The first kappa shape index (κ1) is 16.9. The predicted octanol–water partition coefficient (Wildman–Crippen LogP) is 5.23. The number of amides is 1. The van der Waals surface area contributed by atoms with Gasteiger partial charge in [-0.15, -0.1) is 0 Å². The summed E-state index contributed by atoms with van der Waals surface area (Å²) in [5, 5.41) is 4.22. The van der Waals surface area contributed by atoms with E-state index in [1.165, 1.54) is 0 Å². The average molecular weight is 359 g/mol. The lowest BCUT2D eigenvalue weighted by Crippen LogP contribution is -2.15. The van der Waals surface area contributed by atoms with Crippen molar-refractivity contribution in [3.05, 3.63) is 57.0 Å². The fraction of sp³-hybridized carbons (Fsp3) is 0.188. The Morgan fingerprint density at radius 3 is 2.59 bits per heavy atom. The van der Waals surface area contributed by atoms with Crippen LogP contribution < -0.4 is 10.1 Å². The third kappa shape index (κ3) is 4.29. The first-order chi connectivity index (χ1) is 10.5. The van der Waals surface area contributed by atoms with Crippen molar-refractivity contribution in [3.63, 3.8) is 0 Å². The van der Waals surface area contributed by atoms with Crippen LogP contribution >= 0.6 is 34.8 Å². The molecule has 2 aromatic carbocycles. The van der Waals surface area contributed by atoms with Crippen molar-refractivity contribution >= 4 is 46.4 Å². The Labute approximate surface area is 144 Å². The molecule has 6 heteroatoms. The van der Waals surface area contributed by atoms with Crippen LogP contribution in [0, 0.1) is 0 Å². The molecule has 0 saturated heterocycles. The molecule has 22 heavy (non-hydrogen) atoms. The molecule has 0 aliphatic rings. The summed E-state index contributed by atoms with van der Waals surface area (Å²) in [4.78, 5) is 12.2. The maximum absolute atomic E-state index is 12.2. The van der Waals surface area contributed by atoms with E-state index in [1.54, 1.807) is 36.4 Å². The summed E-state index contributed by atoms with van der Waals surface area (Å²) in [7, 11) is 0. The smallest absolute Gasteiger partial charge is 0.228 e. The molecule has 2 rings (SSSR count). The minimum atomic E-state index is -0.215. The van der Waals surface area contributed by atoms with Gasteiger partial charge in [0.25, 0.3) is 0 Å². The number of rotatable bonds is 5. The molecule has 116 valence electrons. The van der Waals surface area contributed by atoms with Crippen molar-refractivity contribution in [1.82, 2.24) is 0 Å². The number of para-hydroxylation sites is 1. The van der Waals surface area contributed by atoms with Crippen LogP contribution in [0.2, 0.25) is 15.1 Å².